The maximum atomic E-state index is 13.7. The van der Waals surface area contributed by atoms with E-state index in [1.54, 1.807) is 46.9 Å². The van der Waals surface area contributed by atoms with Crippen LogP contribution >= 0.6 is 15.9 Å². The van der Waals surface area contributed by atoms with Crippen LogP contribution in [0, 0.1) is 0 Å². The van der Waals surface area contributed by atoms with E-state index in [0.717, 1.165) is 4.47 Å². The minimum Gasteiger partial charge on any atom is -0.497 e. The highest BCUT2D eigenvalue weighted by molar-refractivity contribution is 9.10. The first-order chi connectivity index (χ1) is 16.5. The number of para-hydroxylation sites is 1. The lowest BCUT2D eigenvalue weighted by Gasteiger charge is -2.31. The van der Waals surface area contributed by atoms with E-state index in [-0.39, 0.29) is 11.5 Å². The molecule has 1 aromatic heterocycles. The Bertz CT molecular complexity index is 1370. The lowest BCUT2D eigenvalue weighted by Crippen LogP contribution is -2.38. The van der Waals surface area contributed by atoms with Crippen LogP contribution < -0.4 is 10.3 Å². The minimum atomic E-state index is -0.402. The summed E-state index contributed by atoms with van der Waals surface area (Å²) in [5, 5.41) is 0.536. The van der Waals surface area contributed by atoms with Gasteiger partial charge < -0.3 is 9.64 Å². The summed E-state index contributed by atoms with van der Waals surface area (Å²) in [6.07, 6.45) is 0.594. The van der Waals surface area contributed by atoms with E-state index in [4.69, 9.17) is 9.72 Å². The average molecular weight is 520 g/mol. The highest BCUT2D eigenvalue weighted by Gasteiger charge is 2.28. The molecule has 6 nitrogen and oxygen atoms in total. The second-order valence-electron chi connectivity index (χ2n) is 7.85. The van der Waals surface area contributed by atoms with Crippen LogP contribution in [-0.4, -0.2) is 34.0 Å². The molecule has 1 amide bonds. The Morgan fingerprint density at radius 2 is 1.71 bits per heavy atom. The average Bonchev–Trinajstić information content (AvgIpc) is 2.87. The van der Waals surface area contributed by atoms with Crippen molar-refractivity contribution in [2.24, 2.45) is 0 Å². The van der Waals surface area contributed by atoms with Crippen LogP contribution in [-0.2, 0) is 0 Å². The number of halogens is 1. The van der Waals surface area contributed by atoms with Gasteiger partial charge in [0.1, 0.15) is 11.6 Å². The Balaban J connectivity index is 1.89. The molecule has 1 unspecified atom stereocenters. The van der Waals surface area contributed by atoms with Gasteiger partial charge in [0, 0.05) is 16.6 Å². The number of hydrogen-bond donors (Lipinski definition) is 0. The van der Waals surface area contributed by atoms with Gasteiger partial charge >= 0.3 is 0 Å². The van der Waals surface area contributed by atoms with Crippen LogP contribution in [0.1, 0.15) is 42.5 Å². The fraction of sp³-hybridized carbons (Fsp3) is 0.222. The zero-order valence-electron chi connectivity index (χ0n) is 19.4. The summed E-state index contributed by atoms with van der Waals surface area (Å²) in [5.41, 5.74) is 1.71. The molecule has 1 heterocycles. The fourth-order valence-electron chi connectivity index (χ4n) is 4.16. The topological polar surface area (TPSA) is 64.4 Å². The Labute approximate surface area is 206 Å². The summed E-state index contributed by atoms with van der Waals surface area (Å²) in [7, 11) is 1.59. The van der Waals surface area contributed by atoms with Gasteiger partial charge in [0.15, 0.2) is 0 Å². The number of carbonyl (C=O) groups excluding carboxylic acids is 1. The van der Waals surface area contributed by atoms with Gasteiger partial charge in [0.05, 0.1) is 29.7 Å². The summed E-state index contributed by atoms with van der Waals surface area (Å²) in [6, 6.07) is 21.5. The zero-order chi connectivity index (χ0) is 24.2. The van der Waals surface area contributed by atoms with E-state index in [9.17, 15) is 9.59 Å². The van der Waals surface area contributed by atoms with Gasteiger partial charge in [-0.15, -0.1) is 0 Å². The highest BCUT2D eigenvalue weighted by Crippen LogP contribution is 2.28. The number of hydrogen-bond acceptors (Lipinski definition) is 4. The van der Waals surface area contributed by atoms with Crippen molar-refractivity contribution in [2.45, 2.75) is 26.3 Å². The van der Waals surface area contributed by atoms with E-state index in [1.807, 2.05) is 56.3 Å². The largest absolute Gasteiger partial charge is 0.497 e. The maximum absolute atomic E-state index is 13.7. The third-order valence-corrected chi connectivity index (χ3v) is 6.41. The lowest BCUT2D eigenvalue weighted by atomic mass is 10.1. The molecule has 1 atom stereocenters. The van der Waals surface area contributed by atoms with Crippen LogP contribution in [0.25, 0.3) is 16.6 Å². The quantitative estimate of drug-likeness (QED) is 0.311. The maximum Gasteiger partial charge on any atom is 0.266 e. The van der Waals surface area contributed by atoms with E-state index < -0.39 is 6.04 Å². The number of fused-ring (bicyclic) bond motifs is 1. The van der Waals surface area contributed by atoms with E-state index in [1.165, 1.54) is 0 Å². The molecule has 0 bridgehead atoms. The summed E-state index contributed by atoms with van der Waals surface area (Å²) in [4.78, 5) is 33.9. The third-order valence-electron chi connectivity index (χ3n) is 5.89. The molecular formula is C27H26BrN3O3. The molecule has 7 heteroatoms. The molecule has 0 aliphatic rings. The second kappa shape index (κ2) is 10.2. The van der Waals surface area contributed by atoms with E-state index in [0.29, 0.717) is 46.7 Å². The highest BCUT2D eigenvalue weighted by atomic mass is 79.9. The van der Waals surface area contributed by atoms with Gasteiger partial charge in [-0.25, -0.2) is 4.98 Å². The first-order valence-corrected chi connectivity index (χ1v) is 12.0. The van der Waals surface area contributed by atoms with Crippen molar-refractivity contribution in [1.29, 1.82) is 0 Å². The summed E-state index contributed by atoms with van der Waals surface area (Å²) in [5.74, 6) is 1.10. The molecule has 0 N–H and O–H groups in total. The Kier molecular flexibility index (Phi) is 7.12. The number of carbonyl (C=O) groups is 1. The van der Waals surface area contributed by atoms with Crippen molar-refractivity contribution < 1.29 is 9.53 Å². The van der Waals surface area contributed by atoms with Crippen LogP contribution in [0.2, 0.25) is 0 Å². The normalized spacial score (nSPS) is 11.9. The fourth-order valence-corrected chi connectivity index (χ4v) is 4.42. The van der Waals surface area contributed by atoms with Gasteiger partial charge in [-0.3, -0.25) is 14.2 Å². The van der Waals surface area contributed by atoms with E-state index >= 15 is 0 Å². The van der Waals surface area contributed by atoms with Crippen molar-refractivity contribution in [3.8, 4) is 11.4 Å². The molecule has 0 aliphatic heterocycles. The molecule has 0 fully saturated rings. The molecule has 0 saturated heterocycles. The van der Waals surface area contributed by atoms with Gasteiger partial charge in [-0.05, 0) is 74.0 Å². The smallest absolute Gasteiger partial charge is 0.266 e. The molecule has 4 aromatic rings. The molecule has 174 valence electrons. The monoisotopic (exact) mass is 519 g/mol. The summed E-state index contributed by atoms with van der Waals surface area (Å²) < 4.78 is 7.77. The first-order valence-electron chi connectivity index (χ1n) is 11.2. The summed E-state index contributed by atoms with van der Waals surface area (Å²) in [6.45, 7) is 4.40. The van der Waals surface area contributed by atoms with Crippen molar-refractivity contribution >= 4 is 32.7 Å². The number of benzene rings is 3. The molecular weight excluding hydrogens is 494 g/mol. The first kappa shape index (κ1) is 23.7. The predicted octanol–water partition coefficient (Wildman–Crippen LogP) is 5.77. The van der Waals surface area contributed by atoms with Crippen molar-refractivity contribution in [3.63, 3.8) is 0 Å². The standard InChI is InChI=1S/C27H26BrN3O3/c1-4-24(30(5-2)26(32)18-10-16-21(34-3)17-11-18)25-29-23-9-7-6-8-22(23)27(33)31(25)20-14-12-19(28)13-15-20/h6-17,24H,4-5H2,1-3H3. The van der Waals surface area contributed by atoms with Gasteiger partial charge in [-0.2, -0.15) is 0 Å². The molecule has 4 rings (SSSR count). The Morgan fingerprint density at radius 3 is 2.32 bits per heavy atom. The number of aromatic nitrogens is 2. The molecule has 34 heavy (non-hydrogen) atoms. The third kappa shape index (κ3) is 4.48. The minimum absolute atomic E-state index is 0.123. The number of methoxy groups -OCH3 is 1. The number of rotatable bonds is 7. The van der Waals surface area contributed by atoms with Crippen LogP contribution in [0.3, 0.4) is 0 Å². The van der Waals surface area contributed by atoms with Crippen molar-refractivity contribution in [3.05, 3.63) is 99.0 Å². The zero-order valence-corrected chi connectivity index (χ0v) is 21.0. The molecule has 0 spiro atoms. The molecule has 0 saturated carbocycles. The predicted molar refractivity (Wildman–Crippen MR) is 138 cm³/mol. The Hall–Kier alpha value is -3.45. The van der Waals surface area contributed by atoms with Crippen LogP contribution in [0.5, 0.6) is 5.75 Å². The molecule has 0 aliphatic carbocycles. The van der Waals surface area contributed by atoms with Gasteiger partial charge in [-0.1, -0.05) is 35.0 Å². The lowest BCUT2D eigenvalue weighted by molar-refractivity contribution is 0.0672. The van der Waals surface area contributed by atoms with Crippen molar-refractivity contribution in [2.75, 3.05) is 13.7 Å². The molecule has 0 radical (unpaired) electrons. The van der Waals surface area contributed by atoms with E-state index in [2.05, 4.69) is 15.9 Å². The second-order valence-corrected chi connectivity index (χ2v) is 8.76. The van der Waals surface area contributed by atoms with Gasteiger partial charge in [0.2, 0.25) is 0 Å². The van der Waals surface area contributed by atoms with Crippen LogP contribution in [0.4, 0.5) is 0 Å². The van der Waals surface area contributed by atoms with Gasteiger partial charge in [0.25, 0.3) is 11.5 Å². The SMILES string of the molecule is CCC(c1nc2ccccc2c(=O)n1-c1ccc(Br)cc1)N(CC)C(=O)c1ccc(OC)cc1. The Morgan fingerprint density at radius 1 is 1.03 bits per heavy atom. The van der Waals surface area contributed by atoms with Crippen LogP contribution in [0.15, 0.2) is 82.1 Å². The number of ether oxygens (including phenoxy) is 1. The molecule has 3 aromatic carbocycles. The number of amides is 1. The number of nitrogens with zero attached hydrogens (tertiary/aromatic N) is 3. The summed E-state index contributed by atoms with van der Waals surface area (Å²) >= 11 is 3.46. The van der Waals surface area contributed by atoms with Crippen molar-refractivity contribution in [1.82, 2.24) is 14.5 Å².